The average molecular weight is 233 g/mol. The molecule has 0 aromatic heterocycles. The molecule has 90 valence electrons. The SMILES string of the molecule is CC(=O)c1ccc2c(c1)NC(=O)C(C(C)C)O2. The van der Waals surface area contributed by atoms with E-state index < -0.39 is 6.10 Å². The van der Waals surface area contributed by atoms with Crippen molar-refractivity contribution in [3.8, 4) is 5.75 Å². The molecular weight excluding hydrogens is 218 g/mol. The van der Waals surface area contributed by atoms with Crippen molar-refractivity contribution in [1.82, 2.24) is 0 Å². The van der Waals surface area contributed by atoms with Gasteiger partial charge in [-0.05, 0) is 31.0 Å². The van der Waals surface area contributed by atoms with Gasteiger partial charge >= 0.3 is 0 Å². The zero-order chi connectivity index (χ0) is 12.6. The number of amides is 1. The fourth-order valence-corrected chi connectivity index (χ4v) is 1.78. The smallest absolute Gasteiger partial charge is 0.265 e. The van der Waals surface area contributed by atoms with E-state index in [0.29, 0.717) is 17.0 Å². The number of nitrogens with one attached hydrogen (secondary N) is 1. The third-order valence-electron chi connectivity index (χ3n) is 2.76. The van der Waals surface area contributed by atoms with Gasteiger partial charge in [0.2, 0.25) is 0 Å². The third-order valence-corrected chi connectivity index (χ3v) is 2.76. The fraction of sp³-hybridized carbons (Fsp3) is 0.385. The van der Waals surface area contributed by atoms with Gasteiger partial charge in [0, 0.05) is 5.56 Å². The molecule has 0 bridgehead atoms. The van der Waals surface area contributed by atoms with E-state index in [0.717, 1.165) is 0 Å². The summed E-state index contributed by atoms with van der Waals surface area (Å²) in [5.41, 5.74) is 1.13. The van der Waals surface area contributed by atoms with E-state index >= 15 is 0 Å². The molecule has 0 spiro atoms. The summed E-state index contributed by atoms with van der Waals surface area (Å²) < 4.78 is 5.62. The Kier molecular flexibility index (Phi) is 2.88. The predicted molar refractivity (Wildman–Crippen MR) is 64.3 cm³/mol. The summed E-state index contributed by atoms with van der Waals surface area (Å²) in [6.45, 7) is 5.35. The molecule has 1 aromatic carbocycles. The summed E-state index contributed by atoms with van der Waals surface area (Å²) in [7, 11) is 0. The van der Waals surface area contributed by atoms with Crippen LogP contribution in [0.25, 0.3) is 0 Å². The van der Waals surface area contributed by atoms with Crippen LogP contribution in [0.4, 0.5) is 5.69 Å². The van der Waals surface area contributed by atoms with Crippen molar-refractivity contribution in [1.29, 1.82) is 0 Å². The maximum Gasteiger partial charge on any atom is 0.265 e. The first-order valence-electron chi connectivity index (χ1n) is 5.61. The van der Waals surface area contributed by atoms with Crippen molar-refractivity contribution >= 4 is 17.4 Å². The molecule has 4 nitrogen and oxygen atoms in total. The van der Waals surface area contributed by atoms with Crippen LogP contribution in [0.15, 0.2) is 18.2 Å². The van der Waals surface area contributed by atoms with Crippen molar-refractivity contribution in [2.75, 3.05) is 5.32 Å². The molecule has 1 aliphatic heterocycles. The summed E-state index contributed by atoms with van der Waals surface area (Å²) in [5, 5.41) is 2.77. The summed E-state index contributed by atoms with van der Waals surface area (Å²) in [5.74, 6) is 0.533. The van der Waals surface area contributed by atoms with Gasteiger partial charge in [0.25, 0.3) is 5.91 Å². The number of hydrogen-bond acceptors (Lipinski definition) is 3. The van der Waals surface area contributed by atoms with Crippen LogP contribution in [0.3, 0.4) is 0 Å². The molecule has 0 aliphatic carbocycles. The number of carbonyl (C=O) groups excluding carboxylic acids is 2. The summed E-state index contributed by atoms with van der Waals surface area (Å²) in [6.07, 6.45) is -0.467. The predicted octanol–water partition coefficient (Wildman–Crippen LogP) is 2.24. The van der Waals surface area contributed by atoms with E-state index in [2.05, 4.69) is 5.32 Å². The lowest BCUT2D eigenvalue weighted by molar-refractivity contribution is -0.125. The van der Waals surface area contributed by atoms with E-state index in [1.54, 1.807) is 18.2 Å². The Morgan fingerprint density at radius 1 is 1.41 bits per heavy atom. The van der Waals surface area contributed by atoms with Crippen LogP contribution in [0.1, 0.15) is 31.1 Å². The minimum absolute atomic E-state index is 0.0342. The van der Waals surface area contributed by atoms with Crippen LogP contribution < -0.4 is 10.1 Å². The first-order chi connectivity index (χ1) is 7.99. The van der Waals surface area contributed by atoms with Crippen LogP contribution in [0, 0.1) is 5.92 Å². The minimum Gasteiger partial charge on any atom is -0.478 e. The number of ketones is 1. The van der Waals surface area contributed by atoms with Gasteiger partial charge in [0.05, 0.1) is 5.69 Å². The van der Waals surface area contributed by atoms with Crippen LogP contribution in [0.5, 0.6) is 5.75 Å². The second-order valence-corrected chi connectivity index (χ2v) is 4.54. The molecule has 0 fully saturated rings. The Labute approximate surface area is 100.0 Å². The second-order valence-electron chi connectivity index (χ2n) is 4.54. The van der Waals surface area contributed by atoms with Crippen LogP contribution in [0.2, 0.25) is 0 Å². The molecule has 1 aliphatic rings. The van der Waals surface area contributed by atoms with Crippen molar-refractivity contribution in [3.05, 3.63) is 23.8 Å². The van der Waals surface area contributed by atoms with E-state index in [1.165, 1.54) is 6.92 Å². The number of carbonyl (C=O) groups is 2. The number of fused-ring (bicyclic) bond motifs is 1. The molecule has 1 unspecified atom stereocenters. The van der Waals surface area contributed by atoms with Gasteiger partial charge in [0.1, 0.15) is 5.75 Å². The lowest BCUT2D eigenvalue weighted by atomic mass is 10.0. The van der Waals surface area contributed by atoms with Gasteiger partial charge in [-0.25, -0.2) is 0 Å². The van der Waals surface area contributed by atoms with E-state index in [1.807, 2.05) is 13.8 Å². The zero-order valence-electron chi connectivity index (χ0n) is 10.1. The third kappa shape index (κ3) is 2.16. The molecule has 1 aromatic rings. The Hall–Kier alpha value is -1.84. The van der Waals surface area contributed by atoms with Crippen LogP contribution >= 0.6 is 0 Å². The quantitative estimate of drug-likeness (QED) is 0.797. The van der Waals surface area contributed by atoms with Crippen molar-refractivity contribution in [2.45, 2.75) is 26.9 Å². The molecule has 0 saturated carbocycles. The molecule has 1 atom stereocenters. The van der Waals surface area contributed by atoms with Gasteiger partial charge in [-0.15, -0.1) is 0 Å². The van der Waals surface area contributed by atoms with Crippen molar-refractivity contribution in [2.24, 2.45) is 5.92 Å². The number of benzene rings is 1. The zero-order valence-corrected chi connectivity index (χ0v) is 10.1. The molecular formula is C13H15NO3. The van der Waals surface area contributed by atoms with Gasteiger partial charge < -0.3 is 10.1 Å². The highest BCUT2D eigenvalue weighted by Gasteiger charge is 2.30. The highest BCUT2D eigenvalue weighted by Crippen LogP contribution is 2.32. The Bertz CT molecular complexity index is 480. The second kappa shape index (κ2) is 4.20. The van der Waals surface area contributed by atoms with E-state index in [9.17, 15) is 9.59 Å². The molecule has 1 heterocycles. The van der Waals surface area contributed by atoms with E-state index in [4.69, 9.17) is 4.74 Å². The van der Waals surface area contributed by atoms with Crippen molar-refractivity contribution < 1.29 is 14.3 Å². The molecule has 1 N–H and O–H groups in total. The van der Waals surface area contributed by atoms with Crippen LogP contribution in [-0.4, -0.2) is 17.8 Å². The van der Waals surface area contributed by atoms with Gasteiger partial charge in [-0.3, -0.25) is 9.59 Å². The first kappa shape index (κ1) is 11.6. The van der Waals surface area contributed by atoms with Gasteiger partial charge in [-0.1, -0.05) is 13.8 Å². The number of ether oxygens (including phenoxy) is 1. The molecule has 17 heavy (non-hydrogen) atoms. The average Bonchev–Trinajstić information content (AvgIpc) is 2.26. The van der Waals surface area contributed by atoms with Gasteiger partial charge in [-0.2, -0.15) is 0 Å². The van der Waals surface area contributed by atoms with Crippen molar-refractivity contribution in [3.63, 3.8) is 0 Å². The fourth-order valence-electron chi connectivity index (χ4n) is 1.78. The van der Waals surface area contributed by atoms with Crippen LogP contribution in [-0.2, 0) is 4.79 Å². The largest absolute Gasteiger partial charge is 0.478 e. The molecule has 4 heteroatoms. The highest BCUT2D eigenvalue weighted by atomic mass is 16.5. The van der Waals surface area contributed by atoms with Gasteiger partial charge in [0.15, 0.2) is 11.9 Å². The molecule has 0 saturated heterocycles. The normalized spacial score (nSPS) is 18.4. The summed E-state index contributed by atoms with van der Waals surface area (Å²) >= 11 is 0. The molecule has 1 amide bonds. The standard InChI is InChI=1S/C13H15NO3/c1-7(2)12-13(16)14-10-6-9(8(3)15)4-5-11(10)17-12/h4-7,12H,1-3H3,(H,14,16). The lowest BCUT2D eigenvalue weighted by Crippen LogP contribution is -2.40. The lowest BCUT2D eigenvalue weighted by Gasteiger charge is -2.28. The molecule has 0 radical (unpaired) electrons. The number of anilines is 1. The Balaban J connectivity index is 2.35. The van der Waals surface area contributed by atoms with E-state index in [-0.39, 0.29) is 17.6 Å². The maximum absolute atomic E-state index is 11.8. The Morgan fingerprint density at radius 2 is 2.12 bits per heavy atom. The highest BCUT2D eigenvalue weighted by molar-refractivity contribution is 6.01. The summed E-state index contributed by atoms with van der Waals surface area (Å²) in [4.78, 5) is 23.0. The number of rotatable bonds is 2. The monoisotopic (exact) mass is 233 g/mol. The Morgan fingerprint density at radius 3 is 2.71 bits per heavy atom. The topological polar surface area (TPSA) is 55.4 Å². The summed E-state index contributed by atoms with van der Waals surface area (Å²) in [6, 6.07) is 5.07. The number of Topliss-reactive ketones (excluding diaryl/α,β-unsaturated/α-hetero) is 1. The minimum atomic E-state index is -0.467. The first-order valence-corrected chi connectivity index (χ1v) is 5.61. The number of hydrogen-bond donors (Lipinski definition) is 1. The maximum atomic E-state index is 11.8. The molecule has 2 rings (SSSR count).